The standard InChI is InChI=1S/C8H3ClF3NO3S2/c9-18(14,15)7-13-5-2-1-4(3-6(5)16-7)17-8(10,11)12/h1-3H. The minimum absolute atomic E-state index is 0.0801. The van der Waals surface area contributed by atoms with E-state index < -0.39 is 19.8 Å². The Bertz CT molecular complexity index is 695. The molecule has 0 bridgehead atoms. The molecule has 0 N–H and O–H groups in total. The summed E-state index contributed by atoms with van der Waals surface area (Å²) in [4.78, 5) is 3.41. The molecule has 4 nitrogen and oxygen atoms in total. The van der Waals surface area contributed by atoms with E-state index in [1.165, 1.54) is 6.07 Å². The van der Waals surface area contributed by atoms with Crippen molar-refractivity contribution < 1.29 is 26.0 Å². The molecular formula is C8H3ClF3NO3S2. The lowest BCUT2D eigenvalue weighted by atomic mass is 10.3. The number of thioether (sulfide) groups is 1. The Hall–Kier alpha value is -0.930. The highest BCUT2D eigenvalue weighted by molar-refractivity contribution is 8.13. The lowest BCUT2D eigenvalue weighted by Gasteiger charge is -2.04. The number of benzene rings is 1. The highest BCUT2D eigenvalue weighted by Crippen LogP contribution is 2.38. The van der Waals surface area contributed by atoms with E-state index in [0.717, 1.165) is 12.1 Å². The summed E-state index contributed by atoms with van der Waals surface area (Å²) in [6.45, 7) is 0. The molecule has 2 rings (SSSR count). The molecular weight excluding hydrogens is 315 g/mol. The first kappa shape index (κ1) is 13.5. The van der Waals surface area contributed by atoms with Crippen LogP contribution in [0, 0.1) is 0 Å². The number of aromatic nitrogens is 1. The number of alkyl halides is 3. The van der Waals surface area contributed by atoms with E-state index in [-0.39, 0.29) is 27.8 Å². The van der Waals surface area contributed by atoms with Gasteiger partial charge in [-0.05, 0) is 30.0 Å². The highest BCUT2D eigenvalue weighted by Gasteiger charge is 2.29. The number of fused-ring (bicyclic) bond motifs is 1. The van der Waals surface area contributed by atoms with Gasteiger partial charge < -0.3 is 4.42 Å². The summed E-state index contributed by atoms with van der Waals surface area (Å²) in [5.41, 5.74) is -4.40. The van der Waals surface area contributed by atoms with Crippen molar-refractivity contribution in [2.75, 3.05) is 0 Å². The van der Waals surface area contributed by atoms with Crippen LogP contribution in [0.5, 0.6) is 0 Å². The predicted octanol–water partition coefficient (Wildman–Crippen LogP) is 3.37. The lowest BCUT2D eigenvalue weighted by molar-refractivity contribution is -0.0328. The average Bonchev–Trinajstić information content (AvgIpc) is 2.57. The smallest absolute Gasteiger partial charge is 0.427 e. The van der Waals surface area contributed by atoms with Crippen LogP contribution in [0.4, 0.5) is 13.2 Å². The van der Waals surface area contributed by atoms with E-state index in [1.54, 1.807) is 0 Å². The van der Waals surface area contributed by atoms with Crippen LogP contribution >= 0.6 is 22.4 Å². The zero-order valence-corrected chi connectivity index (χ0v) is 10.6. The molecule has 0 fully saturated rings. The average molecular weight is 318 g/mol. The van der Waals surface area contributed by atoms with Crippen molar-refractivity contribution in [3.63, 3.8) is 0 Å². The summed E-state index contributed by atoms with van der Waals surface area (Å²) < 4.78 is 63.1. The molecule has 10 heteroatoms. The Labute approximate surface area is 108 Å². The SMILES string of the molecule is O=S(=O)(Cl)c1nc2ccc(SC(F)(F)F)cc2o1. The van der Waals surface area contributed by atoms with Gasteiger partial charge in [-0.15, -0.1) is 0 Å². The first-order chi connectivity index (χ1) is 8.15. The molecule has 98 valence electrons. The van der Waals surface area contributed by atoms with E-state index >= 15 is 0 Å². The minimum Gasteiger partial charge on any atom is -0.427 e. The quantitative estimate of drug-likeness (QED) is 0.628. The minimum atomic E-state index is -4.44. The lowest BCUT2D eigenvalue weighted by Crippen LogP contribution is -1.98. The van der Waals surface area contributed by atoms with Crippen molar-refractivity contribution in [2.45, 2.75) is 15.6 Å². The van der Waals surface area contributed by atoms with Crippen LogP contribution in [-0.4, -0.2) is 18.9 Å². The predicted molar refractivity (Wildman–Crippen MR) is 59.0 cm³/mol. The Morgan fingerprint density at radius 1 is 1.33 bits per heavy atom. The van der Waals surface area contributed by atoms with Gasteiger partial charge in [0, 0.05) is 15.6 Å². The number of nitrogens with zero attached hydrogens (tertiary/aromatic N) is 1. The molecule has 0 aliphatic carbocycles. The molecule has 0 amide bonds. The van der Waals surface area contributed by atoms with Gasteiger partial charge in [-0.1, -0.05) is 0 Å². The molecule has 2 aromatic rings. The number of halogens is 4. The van der Waals surface area contributed by atoms with Crippen molar-refractivity contribution in [3.05, 3.63) is 18.2 Å². The van der Waals surface area contributed by atoms with Gasteiger partial charge in [0.05, 0.1) is 0 Å². The van der Waals surface area contributed by atoms with Crippen molar-refractivity contribution in [1.82, 2.24) is 4.98 Å². The molecule has 0 saturated heterocycles. The molecule has 0 aliphatic heterocycles. The van der Waals surface area contributed by atoms with Crippen molar-refractivity contribution in [2.24, 2.45) is 0 Å². The normalized spacial score (nSPS) is 13.1. The molecule has 0 spiro atoms. The van der Waals surface area contributed by atoms with Crippen LogP contribution in [-0.2, 0) is 9.05 Å². The summed E-state index contributed by atoms with van der Waals surface area (Å²) in [6.07, 6.45) is 0. The molecule has 0 atom stereocenters. The van der Waals surface area contributed by atoms with Crippen LogP contribution in [0.2, 0.25) is 0 Å². The number of hydrogen-bond donors (Lipinski definition) is 0. The van der Waals surface area contributed by atoms with Gasteiger partial charge in [0.2, 0.25) is 0 Å². The molecule has 0 radical (unpaired) electrons. The molecule has 0 unspecified atom stereocenters. The maximum Gasteiger partial charge on any atom is 0.446 e. The summed E-state index contributed by atoms with van der Waals surface area (Å²) in [7, 11) is 0.860. The summed E-state index contributed by atoms with van der Waals surface area (Å²) in [6, 6.07) is 3.43. The van der Waals surface area contributed by atoms with Crippen LogP contribution in [0.25, 0.3) is 11.1 Å². The van der Waals surface area contributed by atoms with Crippen LogP contribution in [0.1, 0.15) is 0 Å². The molecule has 1 aromatic heterocycles. The Balaban J connectivity index is 2.46. The summed E-state index contributed by atoms with van der Waals surface area (Å²) >= 11 is -0.338. The van der Waals surface area contributed by atoms with E-state index in [1.807, 2.05) is 0 Å². The highest BCUT2D eigenvalue weighted by atomic mass is 35.7. The zero-order chi connectivity index (χ0) is 13.6. The van der Waals surface area contributed by atoms with Crippen LogP contribution < -0.4 is 0 Å². The number of hydrogen-bond acceptors (Lipinski definition) is 5. The van der Waals surface area contributed by atoms with Gasteiger partial charge in [-0.3, -0.25) is 0 Å². The molecule has 1 aromatic carbocycles. The molecule has 18 heavy (non-hydrogen) atoms. The van der Waals surface area contributed by atoms with Gasteiger partial charge in [0.25, 0.3) is 0 Å². The maximum atomic E-state index is 12.1. The largest absolute Gasteiger partial charge is 0.446 e. The van der Waals surface area contributed by atoms with Gasteiger partial charge in [0.1, 0.15) is 5.52 Å². The topological polar surface area (TPSA) is 60.2 Å². The van der Waals surface area contributed by atoms with Crippen molar-refractivity contribution in [3.8, 4) is 0 Å². The fourth-order valence-electron chi connectivity index (χ4n) is 1.19. The van der Waals surface area contributed by atoms with Gasteiger partial charge in [-0.2, -0.15) is 18.2 Å². The van der Waals surface area contributed by atoms with Gasteiger partial charge in [-0.25, -0.2) is 8.42 Å². The Morgan fingerprint density at radius 2 is 2.00 bits per heavy atom. The fraction of sp³-hybridized carbons (Fsp3) is 0.125. The third kappa shape index (κ3) is 3.09. The third-order valence-electron chi connectivity index (χ3n) is 1.78. The summed E-state index contributed by atoms with van der Waals surface area (Å²) in [5.74, 6) is 0. The van der Waals surface area contributed by atoms with Gasteiger partial charge >= 0.3 is 19.8 Å². The van der Waals surface area contributed by atoms with Crippen LogP contribution in [0.15, 0.2) is 32.7 Å². The summed E-state index contributed by atoms with van der Waals surface area (Å²) in [5, 5.41) is -0.742. The van der Waals surface area contributed by atoms with E-state index in [0.29, 0.717) is 0 Å². The monoisotopic (exact) mass is 317 g/mol. The first-order valence-corrected chi connectivity index (χ1v) is 7.39. The molecule has 1 heterocycles. The zero-order valence-electron chi connectivity index (χ0n) is 8.23. The molecule has 0 saturated carbocycles. The number of rotatable bonds is 2. The van der Waals surface area contributed by atoms with Crippen LogP contribution in [0.3, 0.4) is 0 Å². The molecule has 0 aliphatic rings. The Kier molecular flexibility index (Phi) is 3.24. The van der Waals surface area contributed by atoms with E-state index in [2.05, 4.69) is 4.98 Å². The fourth-order valence-corrected chi connectivity index (χ4v) is 2.35. The maximum absolute atomic E-state index is 12.1. The van der Waals surface area contributed by atoms with E-state index in [4.69, 9.17) is 15.1 Å². The van der Waals surface area contributed by atoms with Crippen molar-refractivity contribution >= 4 is 42.6 Å². The first-order valence-electron chi connectivity index (χ1n) is 4.26. The third-order valence-corrected chi connectivity index (χ3v) is 3.49. The van der Waals surface area contributed by atoms with Crippen molar-refractivity contribution in [1.29, 1.82) is 0 Å². The van der Waals surface area contributed by atoms with Gasteiger partial charge in [0.15, 0.2) is 5.58 Å². The number of oxazole rings is 1. The second kappa shape index (κ2) is 4.32. The Morgan fingerprint density at radius 3 is 2.56 bits per heavy atom. The second-order valence-electron chi connectivity index (χ2n) is 3.09. The second-order valence-corrected chi connectivity index (χ2v) is 6.68. The van der Waals surface area contributed by atoms with E-state index in [9.17, 15) is 21.6 Å².